The minimum atomic E-state index is 0.399. The van der Waals surface area contributed by atoms with E-state index in [-0.39, 0.29) is 0 Å². The third kappa shape index (κ3) is 3.29. The molecule has 27 heavy (non-hydrogen) atoms. The average molecular weight is 378 g/mol. The van der Waals surface area contributed by atoms with Crippen molar-refractivity contribution in [1.29, 1.82) is 0 Å². The molecule has 0 saturated carbocycles. The summed E-state index contributed by atoms with van der Waals surface area (Å²) in [5, 5.41) is 14.7. The third-order valence-corrected chi connectivity index (χ3v) is 5.08. The second-order valence-corrected chi connectivity index (χ2v) is 6.99. The van der Waals surface area contributed by atoms with Crippen LogP contribution in [0.4, 0.5) is 0 Å². The van der Waals surface area contributed by atoms with E-state index in [1.54, 1.807) is 24.0 Å². The Hall–Kier alpha value is -3.17. The van der Waals surface area contributed by atoms with Crippen LogP contribution in [-0.2, 0) is 13.0 Å². The molecule has 0 bridgehead atoms. The summed E-state index contributed by atoms with van der Waals surface area (Å²) in [6.45, 7) is 0.399. The molecule has 4 N–H and O–H groups in total. The largest absolute Gasteiger partial charge is 0.404 e. The molecule has 0 aliphatic carbocycles. The van der Waals surface area contributed by atoms with Crippen LogP contribution in [0.3, 0.4) is 0 Å². The summed E-state index contributed by atoms with van der Waals surface area (Å²) in [4.78, 5) is 9.31. The molecule has 0 radical (unpaired) electrons. The highest BCUT2D eigenvalue weighted by atomic mass is 32.1. The normalized spacial score (nSPS) is 12.6. The minimum Gasteiger partial charge on any atom is -0.404 e. The zero-order chi connectivity index (χ0) is 18.8. The molecule has 136 valence electrons. The van der Waals surface area contributed by atoms with Crippen LogP contribution in [0.1, 0.15) is 22.0 Å². The molecule has 4 aromatic rings. The molecule has 0 atom stereocenters. The molecule has 0 saturated heterocycles. The SMILES string of the molecule is CN=C/C(=C\N)c1cnc2ccc(Cc3nnc4sc(CN)nn34)cc2c1. The number of hydrogen-bond acceptors (Lipinski definition) is 8. The molecule has 1 aromatic carbocycles. The van der Waals surface area contributed by atoms with Crippen molar-refractivity contribution in [2.24, 2.45) is 16.5 Å². The van der Waals surface area contributed by atoms with Gasteiger partial charge in [0, 0.05) is 55.1 Å². The molecule has 9 heteroatoms. The van der Waals surface area contributed by atoms with Gasteiger partial charge in [0.25, 0.3) is 0 Å². The van der Waals surface area contributed by atoms with Gasteiger partial charge in [-0.2, -0.15) is 9.61 Å². The predicted molar refractivity (Wildman–Crippen MR) is 108 cm³/mol. The van der Waals surface area contributed by atoms with Crippen molar-refractivity contribution in [3.8, 4) is 0 Å². The van der Waals surface area contributed by atoms with Gasteiger partial charge in [0.2, 0.25) is 4.96 Å². The predicted octanol–water partition coefficient (Wildman–Crippen LogP) is 1.78. The molecule has 0 aliphatic rings. The fourth-order valence-electron chi connectivity index (χ4n) is 2.87. The summed E-state index contributed by atoms with van der Waals surface area (Å²) in [6.07, 6.45) is 5.67. The van der Waals surface area contributed by atoms with Crippen molar-refractivity contribution in [3.63, 3.8) is 0 Å². The lowest BCUT2D eigenvalue weighted by molar-refractivity contribution is 0.821. The van der Waals surface area contributed by atoms with E-state index in [9.17, 15) is 0 Å². The Labute approximate surface area is 159 Å². The first kappa shape index (κ1) is 17.3. The summed E-state index contributed by atoms with van der Waals surface area (Å²) in [6, 6.07) is 8.19. The van der Waals surface area contributed by atoms with E-state index < -0.39 is 0 Å². The van der Waals surface area contributed by atoms with E-state index in [1.165, 1.54) is 17.5 Å². The van der Waals surface area contributed by atoms with E-state index in [4.69, 9.17) is 11.5 Å². The molecule has 4 rings (SSSR count). The summed E-state index contributed by atoms with van der Waals surface area (Å²) in [5.74, 6) is 0.782. The Morgan fingerprint density at radius 1 is 1.30 bits per heavy atom. The van der Waals surface area contributed by atoms with E-state index in [0.717, 1.165) is 43.4 Å². The number of aromatic nitrogens is 5. The highest BCUT2D eigenvalue weighted by Gasteiger charge is 2.12. The van der Waals surface area contributed by atoms with E-state index in [1.807, 2.05) is 12.1 Å². The molecule has 8 nitrogen and oxygen atoms in total. The molecule has 0 fully saturated rings. The lowest BCUT2D eigenvalue weighted by Gasteiger charge is -2.05. The van der Waals surface area contributed by atoms with E-state index in [2.05, 4.69) is 37.4 Å². The first-order valence-corrected chi connectivity index (χ1v) is 9.16. The number of nitrogens with two attached hydrogens (primary N) is 2. The quantitative estimate of drug-likeness (QED) is 0.511. The van der Waals surface area contributed by atoms with Crippen molar-refractivity contribution in [2.75, 3.05) is 7.05 Å². The average Bonchev–Trinajstić information content (AvgIpc) is 3.27. The van der Waals surface area contributed by atoms with Gasteiger partial charge in [0.15, 0.2) is 5.82 Å². The summed E-state index contributed by atoms with van der Waals surface area (Å²) in [5.41, 5.74) is 15.1. The summed E-state index contributed by atoms with van der Waals surface area (Å²) < 4.78 is 1.76. The summed E-state index contributed by atoms with van der Waals surface area (Å²) in [7, 11) is 1.71. The van der Waals surface area contributed by atoms with Crippen molar-refractivity contribution < 1.29 is 0 Å². The van der Waals surface area contributed by atoms with Gasteiger partial charge in [0.1, 0.15) is 5.01 Å². The molecule has 0 amide bonds. The zero-order valence-electron chi connectivity index (χ0n) is 14.7. The van der Waals surface area contributed by atoms with Crippen LogP contribution in [0.2, 0.25) is 0 Å². The Balaban J connectivity index is 1.70. The number of benzene rings is 1. The maximum atomic E-state index is 5.71. The fourth-order valence-corrected chi connectivity index (χ4v) is 3.61. The second-order valence-electron chi connectivity index (χ2n) is 5.95. The monoisotopic (exact) mass is 378 g/mol. The molecular formula is C18H18N8S. The number of allylic oxidation sites excluding steroid dienone is 1. The second kappa shape index (κ2) is 7.22. The number of fused-ring (bicyclic) bond motifs is 2. The Morgan fingerprint density at radius 2 is 2.19 bits per heavy atom. The maximum Gasteiger partial charge on any atom is 0.234 e. The number of rotatable bonds is 5. The van der Waals surface area contributed by atoms with Gasteiger partial charge >= 0.3 is 0 Å². The van der Waals surface area contributed by atoms with E-state index in [0.29, 0.717) is 13.0 Å². The Kier molecular flexibility index (Phi) is 4.61. The van der Waals surface area contributed by atoms with Crippen molar-refractivity contribution in [3.05, 3.63) is 58.6 Å². The van der Waals surface area contributed by atoms with Crippen LogP contribution in [0.15, 0.2) is 41.7 Å². The van der Waals surface area contributed by atoms with Crippen LogP contribution in [0.5, 0.6) is 0 Å². The minimum absolute atomic E-state index is 0.399. The lowest BCUT2D eigenvalue weighted by Crippen LogP contribution is -2.01. The molecule has 3 heterocycles. The smallest absolute Gasteiger partial charge is 0.234 e. The number of nitrogens with zero attached hydrogens (tertiary/aromatic N) is 6. The van der Waals surface area contributed by atoms with Gasteiger partial charge in [-0.25, -0.2) is 0 Å². The fraction of sp³-hybridized carbons (Fsp3) is 0.167. The van der Waals surface area contributed by atoms with Crippen LogP contribution in [-0.4, -0.2) is 38.1 Å². The number of pyridine rings is 1. The third-order valence-electron chi connectivity index (χ3n) is 4.16. The van der Waals surface area contributed by atoms with Gasteiger partial charge in [0.05, 0.1) is 5.52 Å². The number of aliphatic imine (C=N–C) groups is 1. The first-order valence-electron chi connectivity index (χ1n) is 8.35. The molecular weight excluding hydrogens is 360 g/mol. The molecule has 3 aromatic heterocycles. The lowest BCUT2D eigenvalue weighted by atomic mass is 10.0. The van der Waals surface area contributed by atoms with Gasteiger partial charge < -0.3 is 11.5 Å². The highest BCUT2D eigenvalue weighted by Crippen LogP contribution is 2.21. The van der Waals surface area contributed by atoms with Crippen LogP contribution in [0.25, 0.3) is 21.4 Å². The van der Waals surface area contributed by atoms with Crippen LogP contribution < -0.4 is 11.5 Å². The Bertz CT molecular complexity index is 1170. The standard InChI is InChI=1S/C18H18N8S/c1-21-9-14(7-19)13-6-12-4-11(2-3-15(12)22-10-13)5-16-23-24-18-26(16)25-17(8-20)27-18/h2-4,6-7,9-10H,5,8,19-20H2,1H3/b14-7+,21-9?. The van der Waals surface area contributed by atoms with E-state index >= 15 is 0 Å². The van der Waals surface area contributed by atoms with Gasteiger partial charge in [-0.05, 0) is 23.8 Å². The highest BCUT2D eigenvalue weighted by molar-refractivity contribution is 7.16. The zero-order valence-corrected chi connectivity index (χ0v) is 15.5. The first-order chi connectivity index (χ1) is 13.2. The molecule has 0 aliphatic heterocycles. The molecule has 0 unspecified atom stereocenters. The summed E-state index contributed by atoms with van der Waals surface area (Å²) >= 11 is 1.46. The Morgan fingerprint density at radius 3 is 2.96 bits per heavy atom. The van der Waals surface area contributed by atoms with Crippen molar-refractivity contribution in [1.82, 2.24) is 24.8 Å². The van der Waals surface area contributed by atoms with Crippen LogP contribution in [0, 0.1) is 0 Å². The topological polar surface area (TPSA) is 120 Å². The van der Waals surface area contributed by atoms with Crippen molar-refractivity contribution >= 4 is 39.0 Å². The van der Waals surface area contributed by atoms with Gasteiger partial charge in [-0.1, -0.05) is 17.4 Å². The number of hydrogen-bond donors (Lipinski definition) is 2. The van der Waals surface area contributed by atoms with Gasteiger partial charge in [-0.15, -0.1) is 10.2 Å². The maximum absolute atomic E-state index is 5.71. The molecule has 0 spiro atoms. The van der Waals surface area contributed by atoms with Crippen molar-refractivity contribution in [2.45, 2.75) is 13.0 Å². The van der Waals surface area contributed by atoms with Gasteiger partial charge in [-0.3, -0.25) is 9.98 Å². The van der Waals surface area contributed by atoms with Crippen LogP contribution >= 0.6 is 11.3 Å².